The number of nitrogens with two attached hydrogens (primary N) is 1. The minimum atomic E-state index is 0.0329. The van der Waals surface area contributed by atoms with Gasteiger partial charge in [0, 0.05) is 43.7 Å². The molecule has 1 saturated heterocycles. The molecule has 4 rings (SSSR count). The Balaban J connectivity index is 1.80. The summed E-state index contributed by atoms with van der Waals surface area (Å²) in [5, 5.41) is 0. The van der Waals surface area contributed by atoms with Gasteiger partial charge in [0.05, 0.1) is 30.0 Å². The van der Waals surface area contributed by atoms with Crippen molar-refractivity contribution in [3.63, 3.8) is 0 Å². The first-order valence-corrected chi connectivity index (χ1v) is 9.89. The van der Waals surface area contributed by atoms with Crippen molar-refractivity contribution in [3.8, 4) is 11.4 Å². The van der Waals surface area contributed by atoms with E-state index in [1.54, 1.807) is 42.5 Å². The molecule has 4 heterocycles. The van der Waals surface area contributed by atoms with E-state index in [2.05, 4.69) is 9.88 Å². The summed E-state index contributed by atoms with van der Waals surface area (Å²) in [6.07, 6.45) is 1.69. The van der Waals surface area contributed by atoms with E-state index in [1.807, 2.05) is 12.1 Å². The molecule has 3 aromatic rings. The number of carbonyl (C=O) groups excluding carboxylic acids is 1. The van der Waals surface area contributed by atoms with Crippen LogP contribution in [0, 0.1) is 0 Å². The highest BCUT2D eigenvalue weighted by Crippen LogP contribution is 2.34. The van der Waals surface area contributed by atoms with E-state index in [4.69, 9.17) is 20.4 Å². The summed E-state index contributed by atoms with van der Waals surface area (Å²) >= 11 is 1.63. The molecule has 3 aromatic heterocycles. The third-order valence-corrected chi connectivity index (χ3v) is 5.80. The molecule has 146 valence electrons. The first-order valence-electron chi connectivity index (χ1n) is 9.08. The van der Waals surface area contributed by atoms with Crippen LogP contribution in [0.15, 0.2) is 24.4 Å². The van der Waals surface area contributed by atoms with Gasteiger partial charge in [0.2, 0.25) is 5.91 Å². The Kier molecular flexibility index (Phi) is 5.10. The Hall–Kier alpha value is -2.78. The third-order valence-electron chi connectivity index (χ3n) is 4.69. The normalized spacial score (nSPS) is 14.4. The van der Waals surface area contributed by atoms with E-state index in [0.29, 0.717) is 31.4 Å². The standard InChI is InChI=1S/C19H22N6O2S/c1-12(26)24(2)11-14-9-15-17(28-14)19(25-5-7-27-8-6-25)23-18(22-15)13-3-4-16(20)21-10-13/h3-4,9-10H,5-8,11H2,1-2H3,(H2,20,21). The lowest BCUT2D eigenvalue weighted by Crippen LogP contribution is -2.36. The second-order valence-electron chi connectivity index (χ2n) is 6.74. The van der Waals surface area contributed by atoms with Gasteiger partial charge >= 0.3 is 0 Å². The predicted molar refractivity (Wildman–Crippen MR) is 110 cm³/mol. The molecule has 0 radical (unpaired) electrons. The molecular formula is C19H22N6O2S. The molecule has 0 unspecified atom stereocenters. The van der Waals surface area contributed by atoms with Crippen LogP contribution >= 0.6 is 11.3 Å². The molecule has 0 aromatic carbocycles. The van der Waals surface area contributed by atoms with Gasteiger partial charge in [-0.15, -0.1) is 11.3 Å². The van der Waals surface area contributed by atoms with Crippen molar-refractivity contribution in [2.24, 2.45) is 0 Å². The zero-order valence-corrected chi connectivity index (χ0v) is 16.7. The van der Waals surface area contributed by atoms with Gasteiger partial charge in [-0.1, -0.05) is 0 Å². The SMILES string of the molecule is CC(=O)N(C)Cc1cc2nc(-c3ccc(N)nc3)nc(N3CCOCC3)c2s1. The van der Waals surface area contributed by atoms with Crippen LogP contribution in [0.5, 0.6) is 0 Å². The summed E-state index contributed by atoms with van der Waals surface area (Å²) in [7, 11) is 1.80. The van der Waals surface area contributed by atoms with Crippen LogP contribution in [-0.2, 0) is 16.1 Å². The van der Waals surface area contributed by atoms with Gasteiger partial charge in [-0.25, -0.2) is 15.0 Å². The number of hydrogen-bond acceptors (Lipinski definition) is 8. The van der Waals surface area contributed by atoms with Crippen LogP contribution in [0.3, 0.4) is 0 Å². The van der Waals surface area contributed by atoms with Gasteiger partial charge in [-0.2, -0.15) is 0 Å². The maximum Gasteiger partial charge on any atom is 0.219 e. The number of carbonyl (C=O) groups is 1. The number of rotatable bonds is 4. The van der Waals surface area contributed by atoms with Crippen molar-refractivity contribution < 1.29 is 9.53 Å². The van der Waals surface area contributed by atoms with Crippen molar-refractivity contribution >= 4 is 39.1 Å². The van der Waals surface area contributed by atoms with Crippen molar-refractivity contribution in [2.45, 2.75) is 13.5 Å². The zero-order valence-electron chi connectivity index (χ0n) is 15.9. The average Bonchev–Trinajstić information content (AvgIpc) is 3.10. The summed E-state index contributed by atoms with van der Waals surface area (Å²) in [5.74, 6) is 2.02. The maximum absolute atomic E-state index is 11.6. The third kappa shape index (κ3) is 3.76. The molecule has 1 amide bonds. The summed E-state index contributed by atoms with van der Waals surface area (Å²) in [5.41, 5.74) is 7.41. The molecule has 0 bridgehead atoms. The number of aromatic nitrogens is 3. The van der Waals surface area contributed by atoms with E-state index >= 15 is 0 Å². The molecule has 0 aliphatic carbocycles. The number of nitrogen functional groups attached to an aromatic ring is 1. The number of anilines is 2. The molecule has 28 heavy (non-hydrogen) atoms. The molecule has 0 spiro atoms. The number of ether oxygens (including phenoxy) is 1. The average molecular weight is 398 g/mol. The summed E-state index contributed by atoms with van der Waals surface area (Å²) in [4.78, 5) is 30.4. The smallest absolute Gasteiger partial charge is 0.219 e. The van der Waals surface area contributed by atoms with Crippen molar-refractivity contribution in [3.05, 3.63) is 29.3 Å². The zero-order chi connectivity index (χ0) is 19.7. The fourth-order valence-electron chi connectivity index (χ4n) is 3.04. The van der Waals surface area contributed by atoms with Crippen LogP contribution in [0.1, 0.15) is 11.8 Å². The van der Waals surface area contributed by atoms with Gasteiger partial charge in [0.1, 0.15) is 5.82 Å². The topological polar surface area (TPSA) is 97.5 Å². The Morgan fingerprint density at radius 3 is 2.79 bits per heavy atom. The van der Waals surface area contributed by atoms with Crippen molar-refractivity contribution in [2.75, 3.05) is 44.0 Å². The number of nitrogens with zero attached hydrogens (tertiary/aromatic N) is 5. The Morgan fingerprint density at radius 1 is 1.32 bits per heavy atom. The number of pyridine rings is 1. The van der Waals surface area contributed by atoms with Crippen LogP contribution < -0.4 is 10.6 Å². The Morgan fingerprint density at radius 2 is 2.11 bits per heavy atom. The number of thiophene rings is 1. The van der Waals surface area contributed by atoms with Gasteiger partial charge in [0.15, 0.2) is 11.6 Å². The lowest BCUT2D eigenvalue weighted by Gasteiger charge is -2.28. The van der Waals surface area contributed by atoms with Gasteiger partial charge in [0.25, 0.3) is 0 Å². The fraction of sp³-hybridized carbons (Fsp3) is 0.368. The Labute approximate surface area is 167 Å². The molecule has 9 heteroatoms. The van der Waals surface area contributed by atoms with E-state index in [-0.39, 0.29) is 5.91 Å². The van der Waals surface area contributed by atoms with Gasteiger partial charge < -0.3 is 20.3 Å². The monoisotopic (exact) mass is 398 g/mol. The van der Waals surface area contributed by atoms with Crippen molar-refractivity contribution in [1.82, 2.24) is 19.9 Å². The summed E-state index contributed by atoms with van der Waals surface area (Å²) in [6, 6.07) is 5.67. The lowest BCUT2D eigenvalue weighted by molar-refractivity contribution is -0.128. The summed E-state index contributed by atoms with van der Waals surface area (Å²) in [6.45, 7) is 5.04. The lowest BCUT2D eigenvalue weighted by atomic mass is 10.2. The van der Waals surface area contributed by atoms with E-state index in [9.17, 15) is 4.79 Å². The minimum Gasteiger partial charge on any atom is -0.384 e. The highest BCUT2D eigenvalue weighted by molar-refractivity contribution is 7.19. The molecule has 0 atom stereocenters. The minimum absolute atomic E-state index is 0.0329. The van der Waals surface area contributed by atoms with Crippen LogP contribution in [-0.4, -0.2) is 59.1 Å². The number of hydrogen-bond donors (Lipinski definition) is 1. The van der Waals surface area contributed by atoms with Gasteiger partial charge in [-0.3, -0.25) is 4.79 Å². The number of amides is 1. The molecule has 1 aliphatic rings. The van der Waals surface area contributed by atoms with Crippen LogP contribution in [0.2, 0.25) is 0 Å². The largest absolute Gasteiger partial charge is 0.384 e. The first kappa shape index (κ1) is 18.6. The molecule has 8 nitrogen and oxygen atoms in total. The summed E-state index contributed by atoms with van der Waals surface area (Å²) < 4.78 is 6.52. The predicted octanol–water partition coefficient (Wildman–Crippen LogP) is 2.15. The quantitative estimate of drug-likeness (QED) is 0.719. The second kappa shape index (κ2) is 7.69. The van der Waals surface area contributed by atoms with E-state index < -0.39 is 0 Å². The van der Waals surface area contributed by atoms with E-state index in [1.165, 1.54) is 0 Å². The van der Waals surface area contributed by atoms with Crippen LogP contribution in [0.4, 0.5) is 11.6 Å². The van der Waals surface area contributed by atoms with Crippen molar-refractivity contribution in [1.29, 1.82) is 0 Å². The molecular weight excluding hydrogens is 376 g/mol. The van der Waals surface area contributed by atoms with Gasteiger partial charge in [-0.05, 0) is 18.2 Å². The highest BCUT2D eigenvalue weighted by atomic mass is 32.1. The fourth-order valence-corrected chi connectivity index (χ4v) is 4.21. The highest BCUT2D eigenvalue weighted by Gasteiger charge is 2.20. The molecule has 1 aliphatic heterocycles. The van der Waals surface area contributed by atoms with E-state index in [0.717, 1.165) is 39.6 Å². The molecule has 2 N–H and O–H groups in total. The van der Waals surface area contributed by atoms with Crippen LogP contribution in [0.25, 0.3) is 21.6 Å². The molecule has 1 fully saturated rings. The maximum atomic E-state index is 11.6. The first-order chi connectivity index (χ1) is 13.5. The number of morpholine rings is 1. The Bertz CT molecular complexity index is 998. The number of fused-ring (bicyclic) bond motifs is 1. The molecule has 0 saturated carbocycles. The second-order valence-corrected chi connectivity index (χ2v) is 7.88.